The topological polar surface area (TPSA) is 57.6 Å². The van der Waals surface area contributed by atoms with Crippen molar-refractivity contribution >= 4 is 11.9 Å². The molecule has 1 amide bonds. The fourth-order valence-corrected chi connectivity index (χ4v) is 3.43. The lowest BCUT2D eigenvalue weighted by Gasteiger charge is -2.36. The molecule has 0 aromatic heterocycles. The van der Waals surface area contributed by atoms with Gasteiger partial charge in [0.25, 0.3) is 0 Å². The summed E-state index contributed by atoms with van der Waals surface area (Å²) in [6.45, 7) is 3.44. The Bertz CT molecular complexity index is 334. The number of carboxylic acid groups (broad SMARTS) is 1. The Kier molecular flexibility index (Phi) is 4.83. The van der Waals surface area contributed by atoms with E-state index in [1.807, 2.05) is 0 Å². The molecular weight excluding hydrogens is 242 g/mol. The Morgan fingerprint density at radius 3 is 2.42 bits per heavy atom. The number of carbonyl (C=O) groups is 2. The van der Waals surface area contributed by atoms with E-state index in [1.54, 1.807) is 4.90 Å². The number of hydrogen-bond acceptors (Lipinski definition) is 2. The zero-order valence-electron chi connectivity index (χ0n) is 11.8. The molecule has 1 aliphatic carbocycles. The fraction of sp³-hybridized carbons (Fsp3) is 0.867. The molecule has 19 heavy (non-hydrogen) atoms. The van der Waals surface area contributed by atoms with Crippen molar-refractivity contribution in [2.45, 2.75) is 51.9 Å². The Balaban J connectivity index is 1.84. The van der Waals surface area contributed by atoms with Crippen LogP contribution in [0.15, 0.2) is 0 Å². The summed E-state index contributed by atoms with van der Waals surface area (Å²) in [6, 6.07) is 0. The SMILES string of the molecule is CCC1CCC(CN2CC(C(=O)O)CCC2=O)CC1. The fourth-order valence-electron chi connectivity index (χ4n) is 3.43. The number of rotatable bonds is 4. The molecule has 108 valence electrons. The Hall–Kier alpha value is -1.06. The van der Waals surface area contributed by atoms with Crippen molar-refractivity contribution in [1.29, 1.82) is 0 Å². The number of aliphatic carboxylic acids is 1. The summed E-state index contributed by atoms with van der Waals surface area (Å²) in [5, 5.41) is 9.08. The largest absolute Gasteiger partial charge is 0.481 e. The van der Waals surface area contributed by atoms with Crippen molar-refractivity contribution in [3.63, 3.8) is 0 Å². The minimum absolute atomic E-state index is 0.148. The van der Waals surface area contributed by atoms with Crippen LogP contribution in [-0.2, 0) is 9.59 Å². The quantitative estimate of drug-likeness (QED) is 0.851. The molecule has 1 atom stereocenters. The van der Waals surface area contributed by atoms with Gasteiger partial charge in [-0.2, -0.15) is 0 Å². The highest BCUT2D eigenvalue weighted by molar-refractivity contribution is 5.80. The molecule has 0 aromatic rings. The van der Waals surface area contributed by atoms with Gasteiger partial charge in [0.1, 0.15) is 0 Å². The average molecular weight is 267 g/mol. The molecule has 0 radical (unpaired) electrons. The van der Waals surface area contributed by atoms with Crippen LogP contribution in [0, 0.1) is 17.8 Å². The van der Waals surface area contributed by atoms with E-state index in [4.69, 9.17) is 5.11 Å². The maximum Gasteiger partial charge on any atom is 0.308 e. The summed E-state index contributed by atoms with van der Waals surface area (Å²) < 4.78 is 0. The van der Waals surface area contributed by atoms with Crippen LogP contribution in [0.4, 0.5) is 0 Å². The Labute approximate surface area is 115 Å². The summed E-state index contributed by atoms with van der Waals surface area (Å²) >= 11 is 0. The van der Waals surface area contributed by atoms with Crippen LogP contribution in [0.5, 0.6) is 0 Å². The first-order valence-corrected chi connectivity index (χ1v) is 7.60. The van der Waals surface area contributed by atoms with Gasteiger partial charge in [-0.15, -0.1) is 0 Å². The van der Waals surface area contributed by atoms with E-state index in [0.29, 0.717) is 25.3 Å². The highest BCUT2D eigenvalue weighted by Gasteiger charge is 2.32. The van der Waals surface area contributed by atoms with E-state index in [9.17, 15) is 9.59 Å². The normalized spacial score (nSPS) is 32.4. The van der Waals surface area contributed by atoms with E-state index < -0.39 is 5.97 Å². The summed E-state index contributed by atoms with van der Waals surface area (Å²) in [5.41, 5.74) is 0. The highest BCUT2D eigenvalue weighted by atomic mass is 16.4. The molecule has 1 saturated carbocycles. The van der Waals surface area contributed by atoms with Gasteiger partial charge in [-0.05, 0) is 31.1 Å². The number of nitrogens with zero attached hydrogens (tertiary/aromatic N) is 1. The first-order chi connectivity index (χ1) is 9.10. The smallest absolute Gasteiger partial charge is 0.308 e. The Morgan fingerprint density at radius 2 is 1.84 bits per heavy atom. The lowest BCUT2D eigenvalue weighted by atomic mass is 9.80. The van der Waals surface area contributed by atoms with Crippen LogP contribution < -0.4 is 0 Å². The van der Waals surface area contributed by atoms with E-state index in [1.165, 1.54) is 32.1 Å². The van der Waals surface area contributed by atoms with Gasteiger partial charge in [0.2, 0.25) is 5.91 Å². The van der Waals surface area contributed by atoms with Crippen LogP contribution in [0.2, 0.25) is 0 Å². The van der Waals surface area contributed by atoms with Gasteiger partial charge in [-0.3, -0.25) is 9.59 Å². The molecule has 1 heterocycles. The van der Waals surface area contributed by atoms with E-state index in [0.717, 1.165) is 12.5 Å². The van der Waals surface area contributed by atoms with Crippen LogP contribution in [0.3, 0.4) is 0 Å². The van der Waals surface area contributed by atoms with Gasteiger partial charge < -0.3 is 10.0 Å². The van der Waals surface area contributed by atoms with Gasteiger partial charge in [-0.25, -0.2) is 0 Å². The zero-order valence-corrected chi connectivity index (χ0v) is 11.8. The van der Waals surface area contributed by atoms with Crippen molar-refractivity contribution in [3.05, 3.63) is 0 Å². The molecule has 0 bridgehead atoms. The molecule has 4 nitrogen and oxygen atoms in total. The molecule has 1 N–H and O–H groups in total. The van der Waals surface area contributed by atoms with Crippen LogP contribution in [0.1, 0.15) is 51.9 Å². The van der Waals surface area contributed by atoms with E-state index in [-0.39, 0.29) is 11.8 Å². The molecule has 2 aliphatic rings. The van der Waals surface area contributed by atoms with Gasteiger partial charge >= 0.3 is 5.97 Å². The van der Waals surface area contributed by atoms with E-state index in [2.05, 4.69) is 6.92 Å². The van der Waals surface area contributed by atoms with Gasteiger partial charge in [0, 0.05) is 19.5 Å². The van der Waals surface area contributed by atoms with Crippen LogP contribution in [0.25, 0.3) is 0 Å². The third-order valence-electron chi connectivity index (χ3n) is 4.87. The molecule has 4 heteroatoms. The van der Waals surface area contributed by atoms with Gasteiger partial charge in [0.05, 0.1) is 5.92 Å². The summed E-state index contributed by atoms with van der Waals surface area (Å²) in [5.74, 6) is 0.478. The average Bonchev–Trinajstić information content (AvgIpc) is 2.42. The monoisotopic (exact) mass is 267 g/mol. The minimum Gasteiger partial charge on any atom is -0.481 e. The molecule has 0 spiro atoms. The second kappa shape index (κ2) is 6.40. The summed E-state index contributed by atoms with van der Waals surface area (Å²) in [4.78, 5) is 24.7. The second-order valence-electron chi connectivity index (χ2n) is 6.17. The highest BCUT2D eigenvalue weighted by Crippen LogP contribution is 2.32. The second-order valence-corrected chi connectivity index (χ2v) is 6.17. The summed E-state index contributed by atoms with van der Waals surface area (Å²) in [7, 11) is 0. The first-order valence-electron chi connectivity index (χ1n) is 7.60. The molecular formula is C15H25NO3. The lowest BCUT2D eigenvalue weighted by Crippen LogP contribution is -2.45. The third-order valence-corrected chi connectivity index (χ3v) is 4.87. The minimum atomic E-state index is -0.757. The molecule has 2 fully saturated rings. The standard InChI is InChI=1S/C15H25NO3/c1-2-11-3-5-12(6-4-11)9-16-10-13(15(18)19)7-8-14(16)17/h11-13H,2-10H2,1H3,(H,18,19). The Morgan fingerprint density at radius 1 is 1.21 bits per heavy atom. The number of carboxylic acids is 1. The number of likely N-dealkylation sites (tertiary alicyclic amines) is 1. The van der Waals surface area contributed by atoms with Crippen molar-refractivity contribution in [2.24, 2.45) is 17.8 Å². The first kappa shape index (κ1) is 14.4. The maximum absolute atomic E-state index is 11.9. The molecule has 0 aromatic carbocycles. The van der Waals surface area contributed by atoms with Gasteiger partial charge in [-0.1, -0.05) is 26.2 Å². The zero-order chi connectivity index (χ0) is 13.8. The predicted molar refractivity (Wildman–Crippen MR) is 72.7 cm³/mol. The van der Waals surface area contributed by atoms with Gasteiger partial charge in [0.15, 0.2) is 0 Å². The van der Waals surface area contributed by atoms with Crippen LogP contribution >= 0.6 is 0 Å². The molecule has 2 rings (SSSR count). The number of piperidine rings is 1. The molecule has 1 saturated heterocycles. The summed E-state index contributed by atoms with van der Waals surface area (Å²) in [6.07, 6.45) is 7.10. The van der Waals surface area contributed by atoms with Crippen molar-refractivity contribution in [1.82, 2.24) is 4.90 Å². The number of carbonyl (C=O) groups excluding carboxylic acids is 1. The van der Waals surface area contributed by atoms with Crippen molar-refractivity contribution in [3.8, 4) is 0 Å². The number of amides is 1. The molecule has 1 aliphatic heterocycles. The van der Waals surface area contributed by atoms with E-state index >= 15 is 0 Å². The maximum atomic E-state index is 11.9. The van der Waals surface area contributed by atoms with Crippen molar-refractivity contribution < 1.29 is 14.7 Å². The van der Waals surface area contributed by atoms with Crippen LogP contribution in [-0.4, -0.2) is 35.0 Å². The third kappa shape index (κ3) is 3.71. The van der Waals surface area contributed by atoms with Crippen molar-refractivity contribution in [2.75, 3.05) is 13.1 Å². The molecule has 1 unspecified atom stereocenters. The number of hydrogen-bond donors (Lipinski definition) is 1. The lowest BCUT2D eigenvalue weighted by molar-refractivity contribution is -0.147. The predicted octanol–water partition coefficient (Wildman–Crippen LogP) is 2.53.